The Bertz CT molecular complexity index is 1250. The highest BCUT2D eigenvalue weighted by atomic mass is 16.5. The smallest absolute Gasteiger partial charge is 0.254 e. The van der Waals surface area contributed by atoms with Crippen LogP contribution in [0.5, 0.6) is 17.4 Å². The lowest BCUT2D eigenvalue weighted by Gasteiger charge is -2.27. The second-order valence-electron chi connectivity index (χ2n) is 8.27. The van der Waals surface area contributed by atoms with Crippen LogP contribution in [0.25, 0.3) is 11.3 Å². The summed E-state index contributed by atoms with van der Waals surface area (Å²) in [4.78, 5) is 15.3. The molecule has 34 heavy (non-hydrogen) atoms. The molecule has 0 aliphatic rings. The van der Waals surface area contributed by atoms with Gasteiger partial charge in [0.25, 0.3) is 5.91 Å². The topological polar surface area (TPSA) is 56.6 Å². The number of benzene rings is 3. The van der Waals surface area contributed by atoms with Crippen LogP contribution in [0.4, 0.5) is 0 Å². The van der Waals surface area contributed by atoms with Crippen LogP contribution in [0, 0.1) is 0 Å². The van der Waals surface area contributed by atoms with Crippen LogP contribution in [0.1, 0.15) is 29.8 Å². The summed E-state index contributed by atoms with van der Waals surface area (Å²) in [6, 6.07) is 26.7. The number of methoxy groups -OCH3 is 1. The molecule has 6 nitrogen and oxygen atoms in total. The van der Waals surface area contributed by atoms with E-state index in [2.05, 4.69) is 0 Å². The van der Waals surface area contributed by atoms with Gasteiger partial charge in [-0.15, -0.1) is 0 Å². The van der Waals surface area contributed by atoms with Gasteiger partial charge in [-0.25, -0.2) is 4.68 Å². The molecule has 1 aromatic heterocycles. The van der Waals surface area contributed by atoms with Crippen molar-refractivity contribution in [2.45, 2.75) is 26.4 Å². The average Bonchev–Trinajstić information content (AvgIpc) is 3.18. The molecule has 0 saturated carbocycles. The number of hydrogen-bond acceptors (Lipinski definition) is 4. The maximum atomic E-state index is 13.5. The third kappa shape index (κ3) is 4.81. The molecule has 3 aromatic carbocycles. The van der Waals surface area contributed by atoms with Gasteiger partial charge in [-0.1, -0.05) is 60.7 Å². The lowest BCUT2D eigenvalue weighted by Crippen LogP contribution is -2.36. The van der Waals surface area contributed by atoms with Crippen LogP contribution < -0.4 is 9.47 Å². The van der Waals surface area contributed by atoms with E-state index >= 15 is 0 Å². The van der Waals surface area contributed by atoms with Crippen LogP contribution in [-0.4, -0.2) is 33.7 Å². The van der Waals surface area contributed by atoms with E-state index in [1.165, 1.54) is 0 Å². The zero-order chi connectivity index (χ0) is 24.1. The van der Waals surface area contributed by atoms with Crippen molar-refractivity contribution in [1.82, 2.24) is 14.7 Å². The Morgan fingerprint density at radius 3 is 2.12 bits per heavy atom. The van der Waals surface area contributed by atoms with Crippen LogP contribution in [0.2, 0.25) is 0 Å². The summed E-state index contributed by atoms with van der Waals surface area (Å²) in [6.07, 6.45) is 0. The fourth-order valence-electron chi connectivity index (χ4n) is 3.86. The minimum Gasteiger partial charge on any atom is -0.493 e. The van der Waals surface area contributed by atoms with Gasteiger partial charge in [0.1, 0.15) is 5.69 Å². The van der Waals surface area contributed by atoms with Crippen molar-refractivity contribution in [2.75, 3.05) is 7.11 Å². The number of carbonyl (C=O) groups excluding carboxylic acids is 1. The molecule has 0 radical (unpaired) electrons. The maximum Gasteiger partial charge on any atom is 0.254 e. The van der Waals surface area contributed by atoms with E-state index < -0.39 is 0 Å². The molecule has 6 heteroatoms. The van der Waals surface area contributed by atoms with E-state index in [-0.39, 0.29) is 11.9 Å². The molecule has 0 saturated heterocycles. The molecule has 4 rings (SSSR count). The van der Waals surface area contributed by atoms with Gasteiger partial charge in [-0.2, -0.15) is 5.10 Å². The summed E-state index contributed by atoms with van der Waals surface area (Å²) in [6.45, 7) is 4.37. The van der Waals surface area contributed by atoms with Gasteiger partial charge in [0, 0.05) is 24.2 Å². The number of rotatable bonds is 8. The molecule has 4 aromatic rings. The Morgan fingerprint density at radius 2 is 1.50 bits per heavy atom. The first-order valence-electron chi connectivity index (χ1n) is 11.3. The number of para-hydroxylation sites is 2. The standard InChI is InChI=1S/C28H29N3O3/c1-20(2)31(27(32)22-15-9-6-10-16-22)19-23-26(21-13-7-5-8-14-21)29-30(3)28(23)34-25-18-12-11-17-24(25)33-4/h5-18,20H,19H2,1-4H3. The third-order valence-electron chi connectivity index (χ3n) is 5.64. The molecule has 0 aliphatic heterocycles. The molecule has 0 bridgehead atoms. The van der Waals surface area contributed by atoms with E-state index in [0.717, 1.165) is 16.8 Å². The summed E-state index contributed by atoms with van der Waals surface area (Å²) in [5.41, 5.74) is 3.21. The molecular formula is C28H29N3O3. The lowest BCUT2D eigenvalue weighted by atomic mass is 10.1. The first kappa shape index (κ1) is 23.1. The monoisotopic (exact) mass is 455 g/mol. The Kier molecular flexibility index (Phi) is 6.97. The summed E-state index contributed by atoms with van der Waals surface area (Å²) < 4.78 is 13.6. The second-order valence-corrected chi connectivity index (χ2v) is 8.27. The van der Waals surface area contributed by atoms with Gasteiger partial charge in [0.15, 0.2) is 11.5 Å². The van der Waals surface area contributed by atoms with E-state index in [1.807, 2.05) is 111 Å². The fourth-order valence-corrected chi connectivity index (χ4v) is 3.86. The lowest BCUT2D eigenvalue weighted by molar-refractivity contribution is 0.0689. The number of hydrogen-bond donors (Lipinski definition) is 0. The molecule has 1 heterocycles. The van der Waals surface area contributed by atoms with Crippen LogP contribution in [0.3, 0.4) is 0 Å². The van der Waals surface area contributed by atoms with Crippen LogP contribution >= 0.6 is 0 Å². The second kappa shape index (κ2) is 10.3. The van der Waals surface area contributed by atoms with Gasteiger partial charge in [-0.3, -0.25) is 4.79 Å². The Labute approximate surface area is 200 Å². The Morgan fingerprint density at radius 1 is 0.912 bits per heavy atom. The number of carbonyl (C=O) groups is 1. The van der Waals surface area contributed by atoms with E-state index in [0.29, 0.717) is 29.5 Å². The SMILES string of the molecule is COc1ccccc1Oc1c(CN(C(=O)c2ccccc2)C(C)C)c(-c2ccccc2)nn1C. The highest BCUT2D eigenvalue weighted by molar-refractivity contribution is 5.94. The van der Waals surface area contributed by atoms with Crippen molar-refractivity contribution in [1.29, 1.82) is 0 Å². The summed E-state index contributed by atoms with van der Waals surface area (Å²) >= 11 is 0. The van der Waals surface area contributed by atoms with Crippen LogP contribution in [-0.2, 0) is 13.6 Å². The Balaban J connectivity index is 1.80. The maximum absolute atomic E-state index is 13.5. The normalized spacial score (nSPS) is 10.9. The molecule has 0 atom stereocenters. The predicted octanol–water partition coefficient (Wildman–Crippen LogP) is 5.94. The number of ether oxygens (including phenoxy) is 2. The highest BCUT2D eigenvalue weighted by Crippen LogP contribution is 2.37. The van der Waals surface area contributed by atoms with Crippen molar-refractivity contribution in [3.63, 3.8) is 0 Å². The van der Waals surface area contributed by atoms with E-state index in [9.17, 15) is 4.79 Å². The molecule has 0 unspecified atom stereocenters. The molecular weight excluding hydrogens is 426 g/mol. The zero-order valence-electron chi connectivity index (χ0n) is 19.9. The molecule has 0 fully saturated rings. The number of nitrogens with zero attached hydrogens (tertiary/aromatic N) is 3. The van der Waals surface area contributed by atoms with Crippen molar-refractivity contribution >= 4 is 5.91 Å². The molecule has 0 aliphatic carbocycles. The first-order valence-corrected chi connectivity index (χ1v) is 11.3. The van der Waals surface area contributed by atoms with Crippen molar-refractivity contribution in [2.24, 2.45) is 7.05 Å². The molecule has 174 valence electrons. The average molecular weight is 456 g/mol. The number of aryl methyl sites for hydroxylation is 1. The fraction of sp³-hybridized carbons (Fsp3) is 0.214. The summed E-state index contributed by atoms with van der Waals surface area (Å²) in [7, 11) is 3.46. The van der Waals surface area contributed by atoms with Gasteiger partial charge < -0.3 is 14.4 Å². The zero-order valence-corrected chi connectivity index (χ0v) is 19.9. The Hall–Kier alpha value is -4.06. The molecule has 0 N–H and O–H groups in total. The van der Waals surface area contributed by atoms with Crippen molar-refractivity contribution in [3.05, 3.63) is 96.1 Å². The van der Waals surface area contributed by atoms with Crippen molar-refractivity contribution < 1.29 is 14.3 Å². The van der Waals surface area contributed by atoms with E-state index in [4.69, 9.17) is 14.6 Å². The highest BCUT2D eigenvalue weighted by Gasteiger charge is 2.27. The predicted molar refractivity (Wildman–Crippen MR) is 133 cm³/mol. The van der Waals surface area contributed by atoms with Gasteiger partial charge >= 0.3 is 0 Å². The molecule has 1 amide bonds. The number of amides is 1. The quantitative estimate of drug-likeness (QED) is 0.330. The van der Waals surface area contributed by atoms with Gasteiger partial charge in [0.05, 0.1) is 19.2 Å². The third-order valence-corrected chi connectivity index (χ3v) is 5.64. The largest absolute Gasteiger partial charge is 0.493 e. The summed E-state index contributed by atoms with van der Waals surface area (Å²) in [5, 5.41) is 4.79. The van der Waals surface area contributed by atoms with E-state index in [1.54, 1.807) is 11.8 Å². The molecule has 0 spiro atoms. The summed E-state index contributed by atoms with van der Waals surface area (Å²) in [5.74, 6) is 1.73. The van der Waals surface area contributed by atoms with Crippen LogP contribution in [0.15, 0.2) is 84.9 Å². The van der Waals surface area contributed by atoms with Gasteiger partial charge in [-0.05, 0) is 38.1 Å². The van der Waals surface area contributed by atoms with Gasteiger partial charge in [0.2, 0.25) is 5.88 Å². The van der Waals surface area contributed by atoms with Crippen molar-refractivity contribution in [3.8, 4) is 28.6 Å². The minimum absolute atomic E-state index is 0.0318. The number of aromatic nitrogens is 2. The first-order chi connectivity index (χ1) is 16.5. The minimum atomic E-state index is -0.0401.